The Morgan fingerprint density at radius 2 is 1.12 bits per heavy atom. The van der Waals surface area contributed by atoms with Crippen LogP contribution in [0.15, 0.2) is 23.3 Å². The summed E-state index contributed by atoms with van der Waals surface area (Å²) in [6.07, 6.45) is 7.51. The minimum atomic E-state index is 0.716. The fourth-order valence-electron chi connectivity index (χ4n) is 5.12. The Bertz CT molecular complexity index is 409. The lowest BCUT2D eigenvalue weighted by Crippen LogP contribution is -2.39. The zero-order valence-corrected chi connectivity index (χ0v) is 16.9. The molecule has 138 valence electrons. The van der Waals surface area contributed by atoms with Crippen molar-refractivity contribution in [2.45, 2.75) is 54.4 Å². The van der Waals surface area contributed by atoms with Crippen LogP contribution in [0.5, 0.6) is 0 Å². The maximum atomic E-state index is 3.69. The lowest BCUT2D eigenvalue weighted by Gasteiger charge is -2.34. The monoisotopic (exact) mass is 332 g/mol. The van der Waals surface area contributed by atoms with Crippen LogP contribution in [0.2, 0.25) is 0 Å². The highest BCUT2D eigenvalue weighted by molar-refractivity contribution is 5.09. The highest BCUT2D eigenvalue weighted by atomic mass is 14.9. The zero-order chi connectivity index (χ0) is 17.7. The predicted molar refractivity (Wildman–Crippen MR) is 106 cm³/mol. The van der Waals surface area contributed by atoms with Crippen LogP contribution in [0.4, 0.5) is 0 Å². The molecule has 2 aliphatic rings. The van der Waals surface area contributed by atoms with Gasteiger partial charge in [-0.1, -0.05) is 51.0 Å². The molecule has 0 aliphatic heterocycles. The molecule has 0 saturated heterocycles. The molecule has 0 fully saturated rings. The van der Waals surface area contributed by atoms with Crippen LogP contribution in [-0.2, 0) is 0 Å². The van der Waals surface area contributed by atoms with Gasteiger partial charge in [0, 0.05) is 13.1 Å². The molecule has 2 aliphatic carbocycles. The van der Waals surface area contributed by atoms with Crippen molar-refractivity contribution in [3.63, 3.8) is 0 Å². The van der Waals surface area contributed by atoms with Crippen molar-refractivity contribution in [3.05, 3.63) is 23.3 Å². The van der Waals surface area contributed by atoms with Crippen molar-refractivity contribution in [3.8, 4) is 0 Å². The standard InChI is InChI=1S/C22H40N2/c1-15-9-17(3)21(18(4)10-15)13-23-7-8-24-14-22-19(5)11-16(2)12-20(22)6/h9,11,17-24H,7-8,10,12-14H2,1-6H3/t17-,18-,19-,20+,21-,22-/m0/s1. The maximum Gasteiger partial charge on any atom is 0.00768 e. The summed E-state index contributed by atoms with van der Waals surface area (Å²) in [7, 11) is 0. The molecule has 0 bridgehead atoms. The molecule has 0 radical (unpaired) electrons. The minimum absolute atomic E-state index is 0.716. The molecule has 0 heterocycles. The van der Waals surface area contributed by atoms with Gasteiger partial charge in [-0.2, -0.15) is 0 Å². The SMILES string of the molecule is CC1=C[C@H](C)[C@H](CNCCNC[C@H]2[C@@H](C)C=C(C)C[C@@H]2C)[C@H](C)C1. The predicted octanol–water partition coefficient (Wildman–Crippen LogP) is 4.64. The molecular formula is C22H40N2. The average Bonchev–Trinajstić information content (AvgIpc) is 2.46. The summed E-state index contributed by atoms with van der Waals surface area (Å²) >= 11 is 0. The van der Waals surface area contributed by atoms with Gasteiger partial charge in [0.05, 0.1) is 0 Å². The smallest absolute Gasteiger partial charge is 0.00768 e. The molecule has 0 amide bonds. The van der Waals surface area contributed by atoms with Gasteiger partial charge in [-0.05, 0) is 75.3 Å². The van der Waals surface area contributed by atoms with E-state index >= 15 is 0 Å². The number of hydrogen-bond acceptors (Lipinski definition) is 2. The van der Waals surface area contributed by atoms with Gasteiger partial charge in [-0.15, -0.1) is 0 Å². The van der Waals surface area contributed by atoms with Gasteiger partial charge >= 0.3 is 0 Å². The molecule has 0 spiro atoms. The third-order valence-electron chi connectivity index (χ3n) is 6.43. The quantitative estimate of drug-likeness (QED) is 0.524. The normalized spacial score (nSPS) is 37.1. The Kier molecular flexibility index (Phi) is 7.56. The second-order valence-corrected chi connectivity index (χ2v) is 8.84. The van der Waals surface area contributed by atoms with E-state index in [1.807, 2.05) is 0 Å². The average molecular weight is 333 g/mol. The van der Waals surface area contributed by atoms with E-state index in [2.05, 4.69) is 64.3 Å². The van der Waals surface area contributed by atoms with Crippen LogP contribution >= 0.6 is 0 Å². The van der Waals surface area contributed by atoms with Crippen molar-refractivity contribution < 1.29 is 0 Å². The van der Waals surface area contributed by atoms with Crippen LogP contribution in [-0.4, -0.2) is 26.2 Å². The van der Waals surface area contributed by atoms with Crippen LogP contribution in [0, 0.1) is 35.5 Å². The van der Waals surface area contributed by atoms with Gasteiger partial charge in [0.1, 0.15) is 0 Å². The molecule has 24 heavy (non-hydrogen) atoms. The highest BCUT2D eigenvalue weighted by Gasteiger charge is 2.27. The fourth-order valence-corrected chi connectivity index (χ4v) is 5.12. The van der Waals surface area contributed by atoms with Crippen molar-refractivity contribution >= 4 is 0 Å². The second-order valence-electron chi connectivity index (χ2n) is 8.84. The summed E-state index contributed by atoms with van der Waals surface area (Å²) in [5.41, 5.74) is 3.15. The first-order valence-corrected chi connectivity index (χ1v) is 10.1. The van der Waals surface area contributed by atoms with E-state index in [4.69, 9.17) is 0 Å². The third kappa shape index (κ3) is 5.46. The second kappa shape index (κ2) is 9.20. The summed E-state index contributed by atoms with van der Waals surface area (Å²) in [4.78, 5) is 0. The third-order valence-corrected chi connectivity index (χ3v) is 6.43. The summed E-state index contributed by atoms with van der Waals surface area (Å²) in [6.45, 7) is 18.6. The molecule has 0 aromatic rings. The number of hydrogen-bond donors (Lipinski definition) is 2. The first-order valence-electron chi connectivity index (χ1n) is 10.1. The van der Waals surface area contributed by atoms with Gasteiger partial charge in [0.15, 0.2) is 0 Å². The largest absolute Gasteiger partial charge is 0.315 e. The van der Waals surface area contributed by atoms with Crippen LogP contribution in [0.1, 0.15) is 54.4 Å². The van der Waals surface area contributed by atoms with Crippen LogP contribution in [0.3, 0.4) is 0 Å². The van der Waals surface area contributed by atoms with E-state index in [9.17, 15) is 0 Å². The lowest BCUT2D eigenvalue weighted by atomic mass is 9.75. The Hall–Kier alpha value is -0.600. The summed E-state index contributed by atoms with van der Waals surface area (Å²) in [5, 5.41) is 7.39. The van der Waals surface area contributed by atoms with Gasteiger partial charge in [0.2, 0.25) is 0 Å². The summed E-state index contributed by atoms with van der Waals surface area (Å²) < 4.78 is 0. The number of nitrogens with one attached hydrogen (secondary N) is 2. The van der Waals surface area contributed by atoms with Crippen LogP contribution < -0.4 is 10.6 Å². The van der Waals surface area contributed by atoms with E-state index in [1.165, 1.54) is 12.8 Å². The van der Waals surface area contributed by atoms with Crippen LogP contribution in [0.25, 0.3) is 0 Å². The Morgan fingerprint density at radius 3 is 1.46 bits per heavy atom. The van der Waals surface area contributed by atoms with E-state index in [0.717, 1.165) is 49.9 Å². The zero-order valence-electron chi connectivity index (χ0n) is 16.9. The number of allylic oxidation sites excluding steroid dienone is 4. The van der Waals surface area contributed by atoms with Gasteiger partial charge in [-0.25, -0.2) is 0 Å². The molecule has 6 atom stereocenters. The van der Waals surface area contributed by atoms with Crippen molar-refractivity contribution in [1.29, 1.82) is 0 Å². The fraction of sp³-hybridized carbons (Fsp3) is 0.818. The Balaban J connectivity index is 1.62. The molecular weight excluding hydrogens is 292 g/mol. The van der Waals surface area contributed by atoms with E-state index in [-0.39, 0.29) is 0 Å². The van der Waals surface area contributed by atoms with Crippen molar-refractivity contribution in [1.82, 2.24) is 10.6 Å². The van der Waals surface area contributed by atoms with Crippen molar-refractivity contribution in [2.24, 2.45) is 35.5 Å². The van der Waals surface area contributed by atoms with E-state index < -0.39 is 0 Å². The molecule has 0 aromatic carbocycles. The van der Waals surface area contributed by atoms with Gasteiger partial charge < -0.3 is 10.6 Å². The van der Waals surface area contributed by atoms with Gasteiger partial charge in [0.25, 0.3) is 0 Å². The molecule has 0 aromatic heterocycles. The molecule has 0 unspecified atom stereocenters. The molecule has 2 heteroatoms. The minimum Gasteiger partial charge on any atom is -0.315 e. The van der Waals surface area contributed by atoms with Gasteiger partial charge in [-0.3, -0.25) is 0 Å². The summed E-state index contributed by atoms with van der Waals surface area (Å²) in [5.74, 6) is 4.63. The first kappa shape index (κ1) is 19.7. The Labute approximate surface area is 150 Å². The van der Waals surface area contributed by atoms with Crippen molar-refractivity contribution in [2.75, 3.05) is 26.2 Å². The maximum absolute atomic E-state index is 3.69. The highest BCUT2D eigenvalue weighted by Crippen LogP contribution is 2.33. The molecule has 2 rings (SSSR count). The Morgan fingerprint density at radius 1 is 0.750 bits per heavy atom. The molecule has 2 nitrogen and oxygen atoms in total. The van der Waals surface area contributed by atoms with E-state index in [1.54, 1.807) is 11.1 Å². The number of rotatable bonds is 7. The van der Waals surface area contributed by atoms with E-state index in [0.29, 0.717) is 11.8 Å². The topological polar surface area (TPSA) is 24.1 Å². The summed E-state index contributed by atoms with van der Waals surface area (Å²) in [6, 6.07) is 0. The lowest BCUT2D eigenvalue weighted by molar-refractivity contribution is 0.253. The molecule has 0 saturated carbocycles. The first-order chi connectivity index (χ1) is 11.4. The molecule has 2 N–H and O–H groups in total.